The number of benzene rings is 1. The van der Waals surface area contributed by atoms with Crippen LogP contribution in [0.2, 0.25) is 0 Å². The van der Waals surface area contributed by atoms with E-state index in [9.17, 15) is 4.57 Å². The van der Waals surface area contributed by atoms with Gasteiger partial charge in [0.15, 0.2) is 0 Å². The van der Waals surface area contributed by atoms with Gasteiger partial charge in [-0.25, -0.2) is 12.1 Å². The zero-order valence-electron chi connectivity index (χ0n) is 11.8. The van der Waals surface area contributed by atoms with E-state index in [4.69, 9.17) is 9.05 Å². The van der Waals surface area contributed by atoms with Crippen LogP contribution in [0.15, 0.2) is 58.2 Å². The van der Waals surface area contributed by atoms with E-state index in [0.29, 0.717) is 3.92 Å². The highest BCUT2D eigenvalue weighted by molar-refractivity contribution is 7.65. The van der Waals surface area contributed by atoms with Crippen molar-refractivity contribution in [2.75, 3.05) is 14.2 Å². The van der Waals surface area contributed by atoms with Gasteiger partial charge in [-0.05, 0) is 5.56 Å². The van der Waals surface area contributed by atoms with Crippen molar-refractivity contribution < 1.29 is 34.8 Å². The standard InChI is InChI=1S/C16H16IO3P/c1-19-21(18,20-2)16(13-10-4-3-5-11-13)15-14(17-15)12-8-6-7-9-12/h3-11,14H,1-2H3/b16-15+/t14-/m1/s1. The van der Waals surface area contributed by atoms with Crippen molar-refractivity contribution in [2.45, 2.75) is 3.92 Å². The van der Waals surface area contributed by atoms with E-state index in [1.165, 1.54) is 23.4 Å². The Labute approximate surface area is 135 Å². The Morgan fingerprint density at radius 1 is 1.14 bits per heavy atom. The summed E-state index contributed by atoms with van der Waals surface area (Å²) in [4.78, 5) is 0. The molecule has 21 heavy (non-hydrogen) atoms. The molecule has 5 heteroatoms. The summed E-state index contributed by atoms with van der Waals surface area (Å²) < 4.78 is 25.2. The second-order valence-corrected chi connectivity index (χ2v) is 9.82. The summed E-state index contributed by atoms with van der Waals surface area (Å²) in [5.74, 6) is 0. The van der Waals surface area contributed by atoms with Crippen LogP contribution >= 0.6 is 7.60 Å². The zero-order valence-corrected chi connectivity index (χ0v) is 14.9. The lowest BCUT2D eigenvalue weighted by molar-refractivity contribution is -0.476. The Bertz CT molecular complexity index is 684. The molecule has 0 bridgehead atoms. The van der Waals surface area contributed by atoms with Crippen molar-refractivity contribution >= 4 is 12.9 Å². The molecule has 0 radical (unpaired) electrons. The Hall–Kier alpha value is -0.810. The summed E-state index contributed by atoms with van der Waals surface area (Å²) in [5, 5.41) is 0.770. The van der Waals surface area contributed by atoms with Crippen LogP contribution < -0.4 is 21.2 Å². The summed E-state index contributed by atoms with van der Waals surface area (Å²) in [6, 6.07) is 18.1. The molecule has 1 atom stereocenters. The molecule has 0 saturated carbocycles. The third-order valence-electron chi connectivity index (χ3n) is 3.41. The van der Waals surface area contributed by atoms with E-state index in [2.05, 4.69) is 12.1 Å². The van der Waals surface area contributed by atoms with Crippen LogP contribution in [0.3, 0.4) is 0 Å². The Morgan fingerprint density at radius 2 is 1.86 bits per heavy atom. The van der Waals surface area contributed by atoms with Crippen LogP contribution in [0.5, 0.6) is 0 Å². The average molecular weight is 414 g/mol. The SMILES string of the molecule is COP(=O)(OC)/C(=C1/[I+][C@@H]1c1ccc[cH-]1)c1ccccc1. The van der Waals surface area contributed by atoms with Crippen molar-refractivity contribution in [1.82, 2.24) is 0 Å². The minimum Gasteiger partial charge on any atom is -0.308 e. The van der Waals surface area contributed by atoms with E-state index in [-0.39, 0.29) is 21.2 Å². The molecule has 1 heterocycles. The third-order valence-corrected chi connectivity index (χ3v) is 8.97. The number of hydrogen-bond acceptors (Lipinski definition) is 3. The highest BCUT2D eigenvalue weighted by Crippen LogP contribution is 2.61. The lowest BCUT2D eigenvalue weighted by Gasteiger charge is -2.15. The van der Waals surface area contributed by atoms with E-state index in [1.807, 2.05) is 42.5 Å². The van der Waals surface area contributed by atoms with E-state index < -0.39 is 7.60 Å². The molecular formula is C16H16IO3P. The molecular weight excluding hydrogens is 398 g/mol. The van der Waals surface area contributed by atoms with Crippen LogP contribution in [0.4, 0.5) is 0 Å². The number of hydrogen-bond donors (Lipinski definition) is 0. The second-order valence-electron chi connectivity index (χ2n) is 4.62. The van der Waals surface area contributed by atoms with Gasteiger partial charge in [0.2, 0.25) is 7.50 Å². The summed E-state index contributed by atoms with van der Waals surface area (Å²) in [7, 11) is -0.338. The van der Waals surface area contributed by atoms with E-state index in [0.717, 1.165) is 10.9 Å². The molecule has 1 aliphatic rings. The highest BCUT2D eigenvalue weighted by atomic mass is 127. The van der Waals surface area contributed by atoms with Crippen molar-refractivity contribution in [1.29, 1.82) is 0 Å². The molecule has 0 aromatic heterocycles. The summed E-state index contributed by atoms with van der Waals surface area (Å²) in [5.41, 5.74) is 2.25. The summed E-state index contributed by atoms with van der Waals surface area (Å²) in [6.07, 6.45) is 0. The van der Waals surface area contributed by atoms with E-state index in [1.54, 1.807) is 0 Å². The Morgan fingerprint density at radius 3 is 2.43 bits per heavy atom. The van der Waals surface area contributed by atoms with Crippen LogP contribution in [0.25, 0.3) is 5.31 Å². The molecule has 1 saturated heterocycles. The van der Waals surface area contributed by atoms with Crippen LogP contribution in [0.1, 0.15) is 15.1 Å². The minimum absolute atomic E-state index is 0.141. The number of halogens is 1. The predicted octanol–water partition coefficient (Wildman–Crippen LogP) is 1.40. The van der Waals surface area contributed by atoms with Gasteiger partial charge in [-0.15, -0.1) is 5.56 Å². The largest absolute Gasteiger partial charge is 0.365 e. The third kappa shape index (κ3) is 2.90. The molecule has 3 rings (SSSR count). The van der Waals surface area contributed by atoms with Gasteiger partial charge in [-0.1, -0.05) is 30.3 Å². The van der Waals surface area contributed by atoms with Gasteiger partial charge in [0, 0.05) is 14.2 Å². The van der Waals surface area contributed by atoms with Gasteiger partial charge in [-0.3, -0.25) is 4.57 Å². The molecule has 0 N–H and O–H groups in total. The molecule has 2 aromatic carbocycles. The first-order valence-corrected chi connectivity index (χ1v) is 10.4. The molecule has 2 aromatic rings. The zero-order chi connectivity index (χ0) is 14.9. The smallest absolute Gasteiger partial charge is 0.308 e. The molecule has 110 valence electrons. The molecule has 0 aliphatic carbocycles. The Kier molecular flexibility index (Phi) is 4.41. The first-order valence-electron chi connectivity index (χ1n) is 6.56. The monoisotopic (exact) mass is 414 g/mol. The molecule has 3 nitrogen and oxygen atoms in total. The number of rotatable bonds is 5. The normalized spacial score (nSPS) is 20.4. The van der Waals surface area contributed by atoms with Gasteiger partial charge in [0.1, 0.15) is 5.31 Å². The van der Waals surface area contributed by atoms with Gasteiger partial charge < -0.3 is 9.05 Å². The van der Waals surface area contributed by atoms with Gasteiger partial charge in [-0.2, -0.15) is 12.1 Å². The van der Waals surface area contributed by atoms with E-state index >= 15 is 0 Å². The maximum Gasteiger partial charge on any atom is 0.365 e. The highest BCUT2D eigenvalue weighted by Gasteiger charge is 2.58. The first kappa shape index (κ1) is 15.1. The van der Waals surface area contributed by atoms with Crippen molar-refractivity contribution in [3.05, 3.63) is 69.3 Å². The average Bonchev–Trinajstić information content (AvgIpc) is 3.10. The van der Waals surface area contributed by atoms with Gasteiger partial charge in [0.25, 0.3) is 0 Å². The van der Waals surface area contributed by atoms with Gasteiger partial charge in [0.05, 0.1) is 0 Å². The second kappa shape index (κ2) is 6.13. The fraction of sp³-hybridized carbons (Fsp3) is 0.188. The minimum atomic E-state index is -3.24. The first-order chi connectivity index (χ1) is 10.2. The molecule has 1 aliphatic heterocycles. The Balaban J connectivity index is 2.09. The summed E-state index contributed by atoms with van der Waals surface area (Å²) in [6.45, 7) is 0. The number of allylic oxidation sites excluding steroid dienone is 1. The molecule has 1 fully saturated rings. The van der Waals surface area contributed by atoms with Crippen molar-refractivity contribution in [3.63, 3.8) is 0 Å². The fourth-order valence-electron chi connectivity index (χ4n) is 2.30. The number of alkyl halides is 1. The van der Waals surface area contributed by atoms with Crippen LogP contribution in [-0.4, -0.2) is 14.2 Å². The quantitative estimate of drug-likeness (QED) is 0.321. The van der Waals surface area contributed by atoms with Crippen LogP contribution in [0, 0.1) is 0 Å². The molecule has 0 spiro atoms. The lowest BCUT2D eigenvalue weighted by atomic mass is 10.1. The molecule has 0 amide bonds. The maximum absolute atomic E-state index is 13.0. The fourth-order valence-corrected chi connectivity index (χ4v) is 7.68. The summed E-state index contributed by atoms with van der Waals surface area (Å²) >= 11 is -0.141. The molecule has 0 unspecified atom stereocenters. The van der Waals surface area contributed by atoms with Crippen LogP contribution in [-0.2, 0) is 13.6 Å². The maximum atomic E-state index is 13.0. The lowest BCUT2D eigenvalue weighted by Crippen LogP contribution is -3.46. The topological polar surface area (TPSA) is 35.5 Å². The van der Waals surface area contributed by atoms with Crippen molar-refractivity contribution in [2.24, 2.45) is 0 Å². The van der Waals surface area contributed by atoms with Crippen molar-refractivity contribution in [3.8, 4) is 0 Å². The van der Waals surface area contributed by atoms with Gasteiger partial charge >= 0.3 is 28.8 Å². The predicted molar refractivity (Wildman–Crippen MR) is 79.8 cm³/mol.